The van der Waals surface area contributed by atoms with Gasteiger partial charge in [-0.15, -0.1) is 0 Å². The number of hydrogen-bond donors (Lipinski definition) is 0. The van der Waals surface area contributed by atoms with E-state index in [-0.39, 0.29) is 12.2 Å². The molecule has 2 heterocycles. The summed E-state index contributed by atoms with van der Waals surface area (Å²) in [5.74, 6) is 0. The van der Waals surface area contributed by atoms with Gasteiger partial charge in [-0.1, -0.05) is 29.8 Å². The van der Waals surface area contributed by atoms with E-state index in [2.05, 4.69) is 36.1 Å². The van der Waals surface area contributed by atoms with Gasteiger partial charge in [-0.2, -0.15) is 0 Å². The van der Waals surface area contributed by atoms with Crippen LogP contribution in [-0.4, -0.2) is 75.0 Å². The maximum atomic E-state index is 12.0. The third-order valence-electron chi connectivity index (χ3n) is 4.50. The molecule has 2 fully saturated rings. The van der Waals surface area contributed by atoms with Gasteiger partial charge in [0.05, 0.1) is 25.9 Å². The van der Waals surface area contributed by atoms with Crippen LogP contribution in [0.3, 0.4) is 0 Å². The number of rotatable bonds is 4. The van der Waals surface area contributed by atoms with E-state index < -0.39 is 0 Å². The molecule has 24 heavy (non-hydrogen) atoms. The fourth-order valence-corrected chi connectivity index (χ4v) is 2.99. The van der Waals surface area contributed by atoms with Gasteiger partial charge in [0.25, 0.3) is 0 Å². The average molecular weight is 334 g/mol. The van der Waals surface area contributed by atoms with Gasteiger partial charge in [-0.05, 0) is 12.5 Å². The van der Waals surface area contributed by atoms with Crippen molar-refractivity contribution in [1.82, 2.24) is 9.80 Å². The van der Waals surface area contributed by atoms with Crippen LogP contribution in [0.1, 0.15) is 17.2 Å². The van der Waals surface area contributed by atoms with Gasteiger partial charge in [0.1, 0.15) is 6.61 Å². The minimum atomic E-state index is -0.235. The molecule has 0 aliphatic carbocycles. The Labute approximate surface area is 143 Å². The van der Waals surface area contributed by atoms with Crippen molar-refractivity contribution in [3.8, 4) is 0 Å². The summed E-state index contributed by atoms with van der Waals surface area (Å²) in [6.07, 6.45) is -0.143. The first kappa shape index (κ1) is 17.2. The number of carbonyl (C=O) groups is 1. The molecule has 1 atom stereocenters. The highest BCUT2D eigenvalue weighted by molar-refractivity contribution is 5.67. The number of nitrogens with zero attached hydrogens (tertiary/aromatic N) is 2. The van der Waals surface area contributed by atoms with E-state index in [4.69, 9.17) is 14.2 Å². The maximum absolute atomic E-state index is 12.0. The first-order valence-corrected chi connectivity index (χ1v) is 8.62. The van der Waals surface area contributed by atoms with Crippen molar-refractivity contribution < 1.29 is 19.0 Å². The van der Waals surface area contributed by atoms with Gasteiger partial charge in [0.15, 0.2) is 0 Å². The molecule has 0 saturated carbocycles. The third-order valence-corrected chi connectivity index (χ3v) is 4.50. The molecule has 132 valence electrons. The van der Waals surface area contributed by atoms with E-state index in [1.54, 1.807) is 4.90 Å². The molecule has 2 aliphatic rings. The largest absolute Gasteiger partial charge is 0.448 e. The molecule has 1 amide bonds. The Bertz CT molecular complexity index is 528. The number of aryl methyl sites for hydroxylation is 1. The van der Waals surface area contributed by atoms with Crippen molar-refractivity contribution in [1.29, 1.82) is 0 Å². The van der Waals surface area contributed by atoms with Crippen molar-refractivity contribution in [2.75, 3.05) is 59.2 Å². The molecule has 3 rings (SSSR count). The molecule has 2 saturated heterocycles. The van der Waals surface area contributed by atoms with E-state index in [1.807, 2.05) is 0 Å². The predicted molar refractivity (Wildman–Crippen MR) is 90.1 cm³/mol. The molecule has 1 aromatic carbocycles. The zero-order chi connectivity index (χ0) is 16.8. The van der Waals surface area contributed by atoms with Crippen molar-refractivity contribution in [2.45, 2.75) is 13.0 Å². The van der Waals surface area contributed by atoms with Crippen molar-refractivity contribution in [3.05, 3.63) is 35.4 Å². The molecule has 0 aromatic heterocycles. The first-order chi connectivity index (χ1) is 11.7. The molecule has 1 aromatic rings. The minimum absolute atomic E-state index is 0.0919. The molecular formula is C18H26N2O4. The molecule has 0 N–H and O–H groups in total. The van der Waals surface area contributed by atoms with E-state index in [0.29, 0.717) is 39.5 Å². The van der Waals surface area contributed by atoms with Crippen LogP contribution >= 0.6 is 0 Å². The number of carbonyl (C=O) groups excluding carboxylic acids is 1. The van der Waals surface area contributed by atoms with Crippen molar-refractivity contribution in [3.63, 3.8) is 0 Å². The van der Waals surface area contributed by atoms with Crippen LogP contribution in [0.5, 0.6) is 0 Å². The Morgan fingerprint density at radius 2 is 1.92 bits per heavy atom. The summed E-state index contributed by atoms with van der Waals surface area (Å²) in [4.78, 5) is 16.0. The lowest BCUT2D eigenvalue weighted by molar-refractivity contribution is -0.0363. The second-order valence-corrected chi connectivity index (χ2v) is 6.28. The summed E-state index contributed by atoms with van der Waals surface area (Å²) in [6, 6.07) is 8.48. The van der Waals surface area contributed by atoms with Crippen molar-refractivity contribution >= 4 is 6.09 Å². The molecule has 0 radical (unpaired) electrons. The summed E-state index contributed by atoms with van der Waals surface area (Å²) in [6.45, 7) is 8.07. The lowest BCUT2D eigenvalue weighted by atomic mass is 10.1. The second kappa shape index (κ2) is 8.46. The van der Waals surface area contributed by atoms with Gasteiger partial charge < -0.3 is 19.1 Å². The van der Waals surface area contributed by atoms with E-state index in [9.17, 15) is 4.79 Å². The molecule has 6 heteroatoms. The quantitative estimate of drug-likeness (QED) is 0.841. The molecule has 0 bridgehead atoms. The lowest BCUT2D eigenvalue weighted by Crippen LogP contribution is -2.43. The maximum Gasteiger partial charge on any atom is 0.409 e. The zero-order valence-corrected chi connectivity index (χ0v) is 14.3. The Kier molecular flexibility index (Phi) is 6.07. The molecular weight excluding hydrogens is 308 g/mol. The summed E-state index contributed by atoms with van der Waals surface area (Å²) in [5, 5.41) is 0. The van der Waals surface area contributed by atoms with Crippen LogP contribution in [0.4, 0.5) is 4.79 Å². The predicted octanol–water partition coefficient (Wildman–Crippen LogP) is 1.84. The van der Waals surface area contributed by atoms with E-state index >= 15 is 0 Å². The number of hydrogen-bond acceptors (Lipinski definition) is 5. The topological polar surface area (TPSA) is 51.2 Å². The highest BCUT2D eigenvalue weighted by atomic mass is 16.6. The summed E-state index contributed by atoms with van der Waals surface area (Å²) < 4.78 is 16.5. The molecule has 0 spiro atoms. The Morgan fingerprint density at radius 1 is 1.17 bits per heavy atom. The monoisotopic (exact) mass is 334 g/mol. The van der Waals surface area contributed by atoms with Crippen LogP contribution in [0, 0.1) is 6.92 Å². The van der Waals surface area contributed by atoms with Crippen LogP contribution in [0.15, 0.2) is 24.3 Å². The summed E-state index contributed by atoms with van der Waals surface area (Å²) in [5.41, 5.74) is 2.46. The zero-order valence-electron chi connectivity index (χ0n) is 14.3. The van der Waals surface area contributed by atoms with Crippen LogP contribution in [0.25, 0.3) is 0 Å². The average Bonchev–Trinajstić information content (AvgIpc) is 2.63. The fourth-order valence-electron chi connectivity index (χ4n) is 2.99. The first-order valence-electron chi connectivity index (χ1n) is 8.62. The van der Waals surface area contributed by atoms with Crippen LogP contribution in [-0.2, 0) is 14.2 Å². The van der Waals surface area contributed by atoms with E-state index in [0.717, 1.165) is 19.6 Å². The smallest absolute Gasteiger partial charge is 0.409 e. The summed E-state index contributed by atoms with van der Waals surface area (Å²) in [7, 11) is 0. The molecule has 2 aliphatic heterocycles. The van der Waals surface area contributed by atoms with Gasteiger partial charge in [-0.25, -0.2) is 4.79 Å². The number of amides is 1. The third kappa shape index (κ3) is 4.69. The van der Waals surface area contributed by atoms with Gasteiger partial charge in [-0.3, -0.25) is 4.90 Å². The standard InChI is InChI=1S/C18H26N2O4/c1-15-2-4-16(5-3-15)17-14-19(6-12-23-17)7-13-24-18(21)20-8-10-22-11-9-20/h2-5,17H,6-14H2,1H3/t17-/m0/s1. The van der Waals surface area contributed by atoms with E-state index in [1.165, 1.54) is 11.1 Å². The van der Waals surface area contributed by atoms with Gasteiger partial charge >= 0.3 is 6.09 Å². The highest BCUT2D eigenvalue weighted by Gasteiger charge is 2.23. The minimum Gasteiger partial charge on any atom is -0.448 e. The van der Waals surface area contributed by atoms with Gasteiger partial charge in [0.2, 0.25) is 0 Å². The van der Waals surface area contributed by atoms with Crippen LogP contribution < -0.4 is 0 Å². The lowest BCUT2D eigenvalue weighted by Gasteiger charge is -2.33. The number of ether oxygens (including phenoxy) is 3. The van der Waals surface area contributed by atoms with Crippen LogP contribution in [0.2, 0.25) is 0 Å². The van der Waals surface area contributed by atoms with Crippen molar-refractivity contribution in [2.24, 2.45) is 0 Å². The second-order valence-electron chi connectivity index (χ2n) is 6.28. The summed E-state index contributed by atoms with van der Waals surface area (Å²) >= 11 is 0. The molecule has 0 unspecified atom stereocenters. The van der Waals surface area contributed by atoms with Gasteiger partial charge in [0, 0.05) is 32.7 Å². The Balaban J connectivity index is 1.42. The fraction of sp³-hybridized carbons (Fsp3) is 0.611. The Morgan fingerprint density at radius 3 is 2.67 bits per heavy atom. The number of morpholine rings is 2. The normalized spacial score (nSPS) is 22.4. The highest BCUT2D eigenvalue weighted by Crippen LogP contribution is 2.22. The SMILES string of the molecule is Cc1ccc([C@@H]2CN(CCOC(=O)N3CCOCC3)CCO2)cc1. The number of benzene rings is 1. The molecule has 6 nitrogen and oxygen atoms in total. The Hall–Kier alpha value is -1.63.